The summed E-state index contributed by atoms with van der Waals surface area (Å²) >= 11 is 6.07. The molecule has 7 heteroatoms. The molecule has 1 aliphatic rings. The van der Waals surface area contributed by atoms with Crippen molar-refractivity contribution < 1.29 is 19.0 Å². The van der Waals surface area contributed by atoms with Crippen LogP contribution in [-0.2, 0) is 6.54 Å². The van der Waals surface area contributed by atoms with Crippen LogP contribution in [0.1, 0.15) is 16.1 Å². The number of ether oxygens (including phenoxy) is 1. The summed E-state index contributed by atoms with van der Waals surface area (Å²) in [6.45, 7) is 0.775. The number of halogens is 2. The molecule has 0 spiro atoms. The van der Waals surface area contributed by atoms with Gasteiger partial charge in [0.1, 0.15) is 18.1 Å². The van der Waals surface area contributed by atoms with Crippen molar-refractivity contribution in [3.63, 3.8) is 0 Å². The molecule has 0 atom stereocenters. The Hall–Kier alpha value is -3.12. The van der Waals surface area contributed by atoms with Crippen LogP contribution < -0.4 is 4.74 Å². The fourth-order valence-corrected chi connectivity index (χ4v) is 3.36. The zero-order valence-electron chi connectivity index (χ0n) is 14.7. The molecule has 28 heavy (non-hydrogen) atoms. The number of aromatic hydroxyl groups is 1. The molecule has 3 aromatic rings. The first-order valence-corrected chi connectivity index (χ1v) is 9.04. The summed E-state index contributed by atoms with van der Waals surface area (Å²) in [7, 11) is 0. The highest BCUT2D eigenvalue weighted by Gasteiger charge is 2.24. The molecule has 2 heterocycles. The molecule has 0 unspecified atom stereocenters. The van der Waals surface area contributed by atoms with Gasteiger partial charge in [-0.25, -0.2) is 9.37 Å². The van der Waals surface area contributed by atoms with Gasteiger partial charge >= 0.3 is 0 Å². The maximum Gasteiger partial charge on any atom is 0.272 e. The van der Waals surface area contributed by atoms with E-state index >= 15 is 0 Å². The SMILES string of the molecule is O=C(c1ccc(F)cn1)N1CCOc2c(O)cc(-c3cccc(Cl)c3)cc2C1. The summed E-state index contributed by atoms with van der Waals surface area (Å²) in [5.41, 5.74) is 2.42. The Kier molecular flexibility index (Phi) is 4.88. The van der Waals surface area contributed by atoms with E-state index in [1.807, 2.05) is 18.2 Å². The molecule has 0 aliphatic carbocycles. The van der Waals surface area contributed by atoms with Gasteiger partial charge in [0.05, 0.1) is 12.7 Å². The number of amides is 1. The number of pyridine rings is 1. The standard InChI is InChI=1S/C21H16ClFN2O3/c22-16-3-1-2-13(9-16)14-8-15-12-25(6-7-28-20(15)19(26)10-14)21(27)18-5-4-17(23)11-24-18/h1-5,8-11,26H,6-7,12H2. The highest BCUT2D eigenvalue weighted by Crippen LogP contribution is 2.38. The van der Waals surface area contributed by atoms with Crippen LogP contribution in [0.3, 0.4) is 0 Å². The van der Waals surface area contributed by atoms with Crippen molar-refractivity contribution in [3.05, 3.63) is 76.8 Å². The molecule has 0 bridgehead atoms. The Morgan fingerprint density at radius 2 is 2.04 bits per heavy atom. The molecule has 1 aromatic heterocycles. The molecule has 0 fully saturated rings. The molecule has 0 radical (unpaired) electrons. The third kappa shape index (κ3) is 3.64. The third-order valence-corrected chi connectivity index (χ3v) is 4.74. The van der Waals surface area contributed by atoms with Crippen LogP contribution in [0.25, 0.3) is 11.1 Å². The average Bonchev–Trinajstić information content (AvgIpc) is 2.91. The number of rotatable bonds is 2. The lowest BCUT2D eigenvalue weighted by Crippen LogP contribution is -2.33. The van der Waals surface area contributed by atoms with Gasteiger partial charge in [0.25, 0.3) is 5.91 Å². The highest BCUT2D eigenvalue weighted by atomic mass is 35.5. The molecule has 142 valence electrons. The van der Waals surface area contributed by atoms with E-state index < -0.39 is 5.82 Å². The number of hydrogen-bond acceptors (Lipinski definition) is 4. The van der Waals surface area contributed by atoms with E-state index in [1.165, 1.54) is 12.1 Å². The molecule has 1 aliphatic heterocycles. The van der Waals surface area contributed by atoms with Crippen molar-refractivity contribution in [2.75, 3.05) is 13.2 Å². The fraction of sp³-hybridized carbons (Fsp3) is 0.143. The predicted molar refractivity (Wildman–Crippen MR) is 103 cm³/mol. The molecule has 1 N–H and O–H groups in total. The number of fused-ring (bicyclic) bond motifs is 1. The number of benzene rings is 2. The topological polar surface area (TPSA) is 62.7 Å². The van der Waals surface area contributed by atoms with Crippen LogP contribution in [-0.4, -0.2) is 34.0 Å². The summed E-state index contributed by atoms with van der Waals surface area (Å²) in [6.07, 6.45) is 1.01. The highest BCUT2D eigenvalue weighted by molar-refractivity contribution is 6.30. The van der Waals surface area contributed by atoms with Crippen molar-refractivity contribution in [1.29, 1.82) is 0 Å². The molecular formula is C21H16ClFN2O3. The maximum absolute atomic E-state index is 13.1. The van der Waals surface area contributed by atoms with Crippen molar-refractivity contribution in [2.24, 2.45) is 0 Å². The first kappa shape index (κ1) is 18.3. The summed E-state index contributed by atoms with van der Waals surface area (Å²) in [5, 5.41) is 11.0. The Bertz CT molecular complexity index is 1040. The number of phenols is 1. The minimum absolute atomic E-state index is 0.00156. The van der Waals surface area contributed by atoms with E-state index in [0.29, 0.717) is 22.9 Å². The van der Waals surface area contributed by atoms with Gasteiger partial charge in [-0.2, -0.15) is 0 Å². The molecule has 5 nitrogen and oxygen atoms in total. The van der Waals surface area contributed by atoms with E-state index in [-0.39, 0.29) is 30.5 Å². The second-order valence-electron chi connectivity index (χ2n) is 6.43. The van der Waals surface area contributed by atoms with Gasteiger partial charge < -0.3 is 14.7 Å². The number of carbonyl (C=O) groups excluding carboxylic acids is 1. The van der Waals surface area contributed by atoms with Crippen molar-refractivity contribution >= 4 is 17.5 Å². The predicted octanol–water partition coefficient (Wildman–Crippen LogP) is 4.28. The molecule has 0 saturated heterocycles. The van der Waals surface area contributed by atoms with Crippen molar-refractivity contribution in [3.8, 4) is 22.6 Å². The average molecular weight is 399 g/mol. The van der Waals surface area contributed by atoms with E-state index in [2.05, 4.69) is 4.98 Å². The molecule has 1 amide bonds. The lowest BCUT2D eigenvalue weighted by atomic mass is 10.0. The Morgan fingerprint density at radius 1 is 1.18 bits per heavy atom. The van der Waals surface area contributed by atoms with Crippen LogP contribution in [0.15, 0.2) is 54.7 Å². The quantitative estimate of drug-likeness (QED) is 0.699. The number of phenolic OH excluding ortho intramolecular Hbond substituents is 1. The zero-order valence-corrected chi connectivity index (χ0v) is 15.5. The van der Waals surface area contributed by atoms with E-state index in [0.717, 1.165) is 17.3 Å². The first-order valence-electron chi connectivity index (χ1n) is 8.67. The van der Waals surface area contributed by atoms with Crippen LogP contribution in [0, 0.1) is 5.82 Å². The summed E-state index contributed by atoms with van der Waals surface area (Å²) in [5.74, 6) is -0.476. The van der Waals surface area contributed by atoms with Crippen LogP contribution in [0.5, 0.6) is 11.5 Å². The van der Waals surface area contributed by atoms with Crippen LogP contribution in [0.2, 0.25) is 5.02 Å². The fourth-order valence-electron chi connectivity index (χ4n) is 3.17. The Balaban J connectivity index is 1.68. The minimum Gasteiger partial charge on any atom is -0.504 e. The smallest absolute Gasteiger partial charge is 0.272 e. The van der Waals surface area contributed by atoms with E-state index in [1.54, 1.807) is 23.1 Å². The Morgan fingerprint density at radius 3 is 2.79 bits per heavy atom. The molecular weight excluding hydrogens is 383 g/mol. The number of hydrogen-bond donors (Lipinski definition) is 1. The van der Waals surface area contributed by atoms with Gasteiger partial charge in [0.2, 0.25) is 0 Å². The second kappa shape index (κ2) is 7.48. The molecule has 4 rings (SSSR count). The number of aromatic nitrogens is 1. The lowest BCUT2D eigenvalue weighted by molar-refractivity contribution is 0.0727. The minimum atomic E-state index is -0.503. The largest absolute Gasteiger partial charge is 0.504 e. The van der Waals surface area contributed by atoms with E-state index in [9.17, 15) is 14.3 Å². The number of nitrogens with zero attached hydrogens (tertiary/aromatic N) is 2. The van der Waals surface area contributed by atoms with Gasteiger partial charge in [0.15, 0.2) is 11.5 Å². The van der Waals surface area contributed by atoms with Gasteiger partial charge in [-0.3, -0.25) is 4.79 Å². The first-order chi connectivity index (χ1) is 13.5. The van der Waals surface area contributed by atoms with Gasteiger partial charge in [-0.1, -0.05) is 23.7 Å². The second-order valence-corrected chi connectivity index (χ2v) is 6.87. The van der Waals surface area contributed by atoms with Crippen molar-refractivity contribution in [2.45, 2.75) is 6.54 Å². The Labute approximate surface area is 166 Å². The van der Waals surface area contributed by atoms with Gasteiger partial charge in [-0.05, 0) is 47.5 Å². The van der Waals surface area contributed by atoms with E-state index in [4.69, 9.17) is 16.3 Å². The van der Waals surface area contributed by atoms with Crippen LogP contribution >= 0.6 is 11.6 Å². The molecule has 0 saturated carbocycles. The summed E-state index contributed by atoms with van der Waals surface area (Å²) < 4.78 is 18.8. The normalized spacial score (nSPS) is 13.4. The molecule has 2 aromatic carbocycles. The number of carbonyl (C=O) groups is 1. The van der Waals surface area contributed by atoms with Crippen molar-refractivity contribution in [1.82, 2.24) is 9.88 Å². The maximum atomic E-state index is 13.1. The summed E-state index contributed by atoms with van der Waals surface area (Å²) in [6, 6.07) is 13.3. The zero-order chi connectivity index (χ0) is 19.7. The summed E-state index contributed by atoms with van der Waals surface area (Å²) in [4.78, 5) is 18.2. The lowest BCUT2D eigenvalue weighted by Gasteiger charge is -2.19. The van der Waals surface area contributed by atoms with Crippen LogP contribution in [0.4, 0.5) is 4.39 Å². The van der Waals surface area contributed by atoms with Gasteiger partial charge in [-0.15, -0.1) is 0 Å². The third-order valence-electron chi connectivity index (χ3n) is 4.51. The van der Waals surface area contributed by atoms with Gasteiger partial charge in [0, 0.05) is 17.1 Å². The monoisotopic (exact) mass is 398 g/mol.